The second-order valence-electron chi connectivity index (χ2n) is 9.46. The van der Waals surface area contributed by atoms with E-state index in [0.717, 1.165) is 0 Å². The highest BCUT2D eigenvalue weighted by Crippen LogP contribution is 2.23. The Hall–Kier alpha value is -3.10. The van der Waals surface area contributed by atoms with Crippen LogP contribution in [0.4, 0.5) is 4.79 Å². The maximum atomic E-state index is 13.2. The van der Waals surface area contributed by atoms with E-state index < -0.39 is 53.1 Å². The maximum Gasteiger partial charge on any atom is 0.408 e. The van der Waals surface area contributed by atoms with E-state index in [1.807, 2.05) is 0 Å². The van der Waals surface area contributed by atoms with Crippen LogP contribution in [-0.2, 0) is 34.1 Å². The third-order valence-corrected chi connectivity index (χ3v) is 4.12. The molecule has 0 saturated heterocycles. The van der Waals surface area contributed by atoms with Gasteiger partial charge in [-0.25, -0.2) is 9.59 Å². The maximum absolute atomic E-state index is 13.2. The van der Waals surface area contributed by atoms with Crippen LogP contribution >= 0.6 is 0 Å². The van der Waals surface area contributed by atoms with Crippen molar-refractivity contribution in [3.63, 3.8) is 0 Å². The molecule has 0 fully saturated rings. The normalized spacial score (nSPS) is 14.4. The van der Waals surface area contributed by atoms with Crippen LogP contribution in [0.25, 0.3) is 0 Å². The molecule has 0 aromatic heterocycles. The van der Waals surface area contributed by atoms with Crippen molar-refractivity contribution in [2.45, 2.75) is 77.7 Å². The van der Waals surface area contributed by atoms with E-state index in [1.165, 1.54) is 14.0 Å². The molecule has 0 radical (unpaired) electrons. The first-order chi connectivity index (χ1) is 14.6. The predicted molar refractivity (Wildman–Crippen MR) is 118 cm³/mol. The highest BCUT2D eigenvalue weighted by molar-refractivity contribution is 5.94. The van der Waals surface area contributed by atoms with Crippen LogP contribution in [0.5, 0.6) is 0 Å². The number of hydrogen-bond donors (Lipinski definition) is 2. The molecular formula is C23H34N2O7. The molecule has 0 bridgehead atoms. The second kappa shape index (κ2) is 10.5. The van der Waals surface area contributed by atoms with E-state index in [4.69, 9.17) is 14.2 Å². The summed E-state index contributed by atoms with van der Waals surface area (Å²) in [6.45, 7) is 11.5. The first-order valence-corrected chi connectivity index (χ1v) is 10.2. The van der Waals surface area contributed by atoms with E-state index >= 15 is 0 Å². The second-order valence-corrected chi connectivity index (χ2v) is 9.46. The summed E-state index contributed by atoms with van der Waals surface area (Å²) in [5.41, 5.74) is -2.70. The van der Waals surface area contributed by atoms with Crippen LogP contribution in [0, 0.1) is 0 Å². The van der Waals surface area contributed by atoms with Gasteiger partial charge >= 0.3 is 18.0 Å². The molecule has 9 nitrogen and oxygen atoms in total. The van der Waals surface area contributed by atoms with Gasteiger partial charge in [0.15, 0.2) is 5.54 Å². The molecule has 1 aromatic carbocycles. The summed E-state index contributed by atoms with van der Waals surface area (Å²) in [5.74, 6) is -2.20. The summed E-state index contributed by atoms with van der Waals surface area (Å²) in [4.78, 5) is 50.4. The smallest absolute Gasteiger partial charge is 0.408 e. The SMILES string of the molecule is COC(=O)[C@@](C)(NC(=O)[C@@H](CC(=O)OC(C)(C)C)NC(=O)OC(C)(C)C)c1ccccc1. The van der Waals surface area contributed by atoms with Crippen molar-refractivity contribution < 1.29 is 33.4 Å². The largest absolute Gasteiger partial charge is 0.467 e. The number of ether oxygens (including phenoxy) is 3. The number of amides is 2. The highest BCUT2D eigenvalue weighted by atomic mass is 16.6. The minimum atomic E-state index is -1.56. The summed E-state index contributed by atoms with van der Waals surface area (Å²) >= 11 is 0. The molecule has 2 atom stereocenters. The number of methoxy groups -OCH3 is 1. The molecule has 0 aliphatic heterocycles. The van der Waals surface area contributed by atoms with E-state index in [-0.39, 0.29) is 0 Å². The minimum absolute atomic E-state index is 0.464. The van der Waals surface area contributed by atoms with E-state index in [1.54, 1.807) is 71.9 Å². The molecule has 0 unspecified atom stereocenters. The average Bonchev–Trinajstić information content (AvgIpc) is 2.64. The number of benzene rings is 1. The molecule has 1 aromatic rings. The van der Waals surface area contributed by atoms with Crippen LogP contribution < -0.4 is 10.6 Å². The molecule has 178 valence electrons. The third kappa shape index (κ3) is 8.56. The van der Waals surface area contributed by atoms with Gasteiger partial charge in [0, 0.05) is 0 Å². The molecule has 0 spiro atoms. The number of carbonyl (C=O) groups is 4. The summed E-state index contributed by atoms with van der Waals surface area (Å²) in [6.07, 6.45) is -1.35. The number of carbonyl (C=O) groups excluding carboxylic acids is 4. The summed E-state index contributed by atoms with van der Waals surface area (Å²) in [7, 11) is 1.20. The monoisotopic (exact) mass is 450 g/mol. The topological polar surface area (TPSA) is 120 Å². The Kier molecular flexibility index (Phi) is 8.82. The lowest BCUT2D eigenvalue weighted by molar-refractivity contribution is -0.156. The van der Waals surface area contributed by atoms with Crippen molar-refractivity contribution in [3.8, 4) is 0 Å². The quantitative estimate of drug-likeness (QED) is 0.484. The molecule has 0 aliphatic carbocycles. The number of rotatable bonds is 7. The van der Waals surface area contributed by atoms with Gasteiger partial charge in [-0.2, -0.15) is 0 Å². The van der Waals surface area contributed by atoms with Gasteiger partial charge in [0.2, 0.25) is 5.91 Å². The lowest BCUT2D eigenvalue weighted by atomic mass is 9.91. The zero-order chi connectivity index (χ0) is 24.7. The molecule has 0 aliphatic rings. The van der Waals surface area contributed by atoms with E-state index in [2.05, 4.69) is 10.6 Å². The van der Waals surface area contributed by atoms with Crippen molar-refractivity contribution in [3.05, 3.63) is 35.9 Å². The van der Waals surface area contributed by atoms with Gasteiger partial charge in [-0.3, -0.25) is 9.59 Å². The Morgan fingerprint density at radius 1 is 0.875 bits per heavy atom. The molecule has 0 heterocycles. The minimum Gasteiger partial charge on any atom is -0.467 e. The van der Waals surface area contributed by atoms with Crippen LogP contribution in [0.1, 0.15) is 60.5 Å². The molecule has 2 N–H and O–H groups in total. The Morgan fingerprint density at radius 3 is 1.88 bits per heavy atom. The Bertz CT molecular complexity index is 795. The molecule has 1 rings (SSSR count). The van der Waals surface area contributed by atoms with Crippen LogP contribution in [0.15, 0.2) is 30.3 Å². The Balaban J connectivity index is 3.19. The summed E-state index contributed by atoms with van der Waals surface area (Å²) in [5, 5.41) is 5.00. The molecular weight excluding hydrogens is 416 g/mol. The lowest BCUT2D eigenvalue weighted by Crippen LogP contribution is -2.57. The number of esters is 2. The van der Waals surface area contributed by atoms with Gasteiger partial charge in [0.25, 0.3) is 0 Å². The first kappa shape index (κ1) is 26.9. The first-order valence-electron chi connectivity index (χ1n) is 10.2. The summed E-state index contributed by atoms with van der Waals surface area (Å²) in [6, 6.07) is 7.13. The van der Waals surface area contributed by atoms with Crippen LogP contribution in [0.2, 0.25) is 0 Å². The van der Waals surface area contributed by atoms with Crippen molar-refractivity contribution in [1.29, 1.82) is 0 Å². The zero-order valence-corrected chi connectivity index (χ0v) is 20.0. The van der Waals surface area contributed by atoms with Crippen LogP contribution in [0.3, 0.4) is 0 Å². The van der Waals surface area contributed by atoms with Gasteiger partial charge in [0.05, 0.1) is 13.5 Å². The van der Waals surface area contributed by atoms with Gasteiger partial charge in [-0.1, -0.05) is 30.3 Å². The van der Waals surface area contributed by atoms with Crippen molar-refractivity contribution >= 4 is 23.9 Å². The molecule has 0 saturated carbocycles. The van der Waals surface area contributed by atoms with Crippen LogP contribution in [-0.4, -0.2) is 48.3 Å². The van der Waals surface area contributed by atoms with Gasteiger partial charge in [-0.15, -0.1) is 0 Å². The van der Waals surface area contributed by atoms with E-state index in [9.17, 15) is 19.2 Å². The van der Waals surface area contributed by atoms with Gasteiger partial charge in [-0.05, 0) is 54.0 Å². The number of hydrogen-bond acceptors (Lipinski definition) is 7. The fourth-order valence-electron chi connectivity index (χ4n) is 2.76. The van der Waals surface area contributed by atoms with Crippen molar-refractivity contribution in [1.82, 2.24) is 10.6 Å². The Morgan fingerprint density at radius 2 is 1.41 bits per heavy atom. The predicted octanol–water partition coefficient (Wildman–Crippen LogP) is 2.82. The lowest BCUT2D eigenvalue weighted by Gasteiger charge is -2.31. The standard InChI is InChI=1S/C23H34N2O7/c1-21(2,3)31-17(26)14-16(24-20(29)32-22(4,5)6)18(27)25-23(7,19(28)30-8)15-12-10-9-11-13-15/h9-13,16H,14H2,1-8H3,(H,24,29)(H,25,27)/t16-,23+/m1/s1. The number of nitrogens with one attached hydrogen (secondary N) is 2. The molecule has 9 heteroatoms. The fraction of sp³-hybridized carbons (Fsp3) is 0.565. The Labute approximate surface area is 189 Å². The molecule has 32 heavy (non-hydrogen) atoms. The van der Waals surface area contributed by atoms with Gasteiger partial charge < -0.3 is 24.8 Å². The third-order valence-electron chi connectivity index (χ3n) is 4.12. The molecule has 2 amide bonds. The summed E-state index contributed by atoms with van der Waals surface area (Å²) < 4.78 is 15.4. The van der Waals surface area contributed by atoms with Gasteiger partial charge in [0.1, 0.15) is 17.2 Å². The fourth-order valence-corrected chi connectivity index (χ4v) is 2.76. The highest BCUT2D eigenvalue weighted by Gasteiger charge is 2.40. The number of alkyl carbamates (subject to hydrolysis) is 1. The van der Waals surface area contributed by atoms with Crippen molar-refractivity contribution in [2.24, 2.45) is 0 Å². The van der Waals surface area contributed by atoms with Crippen molar-refractivity contribution in [2.75, 3.05) is 7.11 Å². The average molecular weight is 451 g/mol. The van der Waals surface area contributed by atoms with E-state index in [0.29, 0.717) is 5.56 Å². The zero-order valence-electron chi connectivity index (χ0n) is 20.0.